The summed E-state index contributed by atoms with van der Waals surface area (Å²) in [4.78, 5) is 10.7. The van der Waals surface area contributed by atoms with Crippen molar-refractivity contribution in [2.45, 2.75) is 17.9 Å². The van der Waals surface area contributed by atoms with Gasteiger partial charge in [-0.2, -0.15) is 4.39 Å². The Labute approximate surface area is 200 Å². The number of hydrogen-bond acceptors (Lipinski definition) is 6. The van der Waals surface area contributed by atoms with E-state index in [1.807, 2.05) is 43.3 Å². The first kappa shape index (κ1) is 23.4. The first-order chi connectivity index (χ1) is 15.8. The molecule has 0 amide bonds. The number of halogens is 2. The second kappa shape index (κ2) is 9.59. The molecule has 33 heavy (non-hydrogen) atoms. The molecule has 0 bridgehead atoms. The van der Waals surface area contributed by atoms with Gasteiger partial charge in [-0.1, -0.05) is 22.0 Å². The smallest absolute Gasteiger partial charge is 0.217 e. The zero-order valence-corrected chi connectivity index (χ0v) is 20.2. The lowest BCUT2D eigenvalue weighted by molar-refractivity contribution is -0.00105. The molecular formula is C25H25BrFN3O3. The van der Waals surface area contributed by atoms with Gasteiger partial charge in [0, 0.05) is 27.5 Å². The summed E-state index contributed by atoms with van der Waals surface area (Å²) in [6.45, 7) is 0.540. The van der Waals surface area contributed by atoms with Crippen molar-refractivity contribution in [1.82, 2.24) is 14.9 Å². The Morgan fingerprint density at radius 2 is 2.00 bits per heavy atom. The van der Waals surface area contributed by atoms with Gasteiger partial charge in [0.05, 0.1) is 36.8 Å². The lowest BCUT2D eigenvalue weighted by Crippen LogP contribution is -2.38. The fourth-order valence-corrected chi connectivity index (χ4v) is 4.51. The topological polar surface area (TPSA) is 71.6 Å². The average Bonchev–Trinajstić information content (AvgIpc) is 3.31. The van der Waals surface area contributed by atoms with Crippen LogP contribution in [0.15, 0.2) is 69.9 Å². The Balaban J connectivity index is 2.00. The summed E-state index contributed by atoms with van der Waals surface area (Å²) in [6.07, 6.45) is 3.41. The standard InChI is InChI=1S/C25H25BrFN3O3/c1-30(2)11-10-25(31,21-5-4-6-22(27)29-21)23(16-9-12-33-15-16)19-14-17-13-18(26)7-8-20(17)28-24(19)32-3/h4-9,12-15,23,31H,10-11H2,1-3H3. The largest absolute Gasteiger partial charge is 0.481 e. The number of methoxy groups -OCH3 is 1. The minimum absolute atomic E-state index is 0.229. The second-order valence-corrected chi connectivity index (χ2v) is 9.15. The molecule has 1 aromatic carbocycles. The number of nitrogens with zero attached hydrogens (tertiary/aromatic N) is 3. The van der Waals surface area contributed by atoms with E-state index in [4.69, 9.17) is 14.1 Å². The van der Waals surface area contributed by atoms with E-state index in [9.17, 15) is 9.50 Å². The Kier molecular flexibility index (Phi) is 6.78. The number of aliphatic hydroxyl groups is 1. The van der Waals surface area contributed by atoms with E-state index < -0.39 is 17.5 Å². The van der Waals surface area contributed by atoms with Gasteiger partial charge in [0.1, 0.15) is 5.60 Å². The fraction of sp³-hybridized carbons (Fsp3) is 0.280. The van der Waals surface area contributed by atoms with Gasteiger partial charge in [0.25, 0.3) is 0 Å². The quantitative estimate of drug-likeness (QED) is 0.330. The molecule has 2 unspecified atom stereocenters. The highest BCUT2D eigenvalue weighted by molar-refractivity contribution is 9.10. The molecule has 3 aromatic heterocycles. The number of pyridine rings is 2. The zero-order chi connectivity index (χ0) is 23.6. The van der Waals surface area contributed by atoms with E-state index in [2.05, 4.69) is 20.9 Å². The molecule has 0 aliphatic rings. The van der Waals surface area contributed by atoms with Crippen LogP contribution in [-0.4, -0.2) is 47.7 Å². The molecule has 2 atom stereocenters. The van der Waals surface area contributed by atoms with Gasteiger partial charge >= 0.3 is 0 Å². The predicted molar refractivity (Wildman–Crippen MR) is 128 cm³/mol. The highest BCUT2D eigenvalue weighted by atomic mass is 79.9. The lowest BCUT2D eigenvalue weighted by Gasteiger charge is -2.37. The summed E-state index contributed by atoms with van der Waals surface area (Å²) in [5, 5.41) is 13.2. The first-order valence-corrected chi connectivity index (χ1v) is 11.3. The maximum atomic E-state index is 14.2. The number of furan rings is 1. The van der Waals surface area contributed by atoms with Crippen LogP contribution in [-0.2, 0) is 5.60 Å². The van der Waals surface area contributed by atoms with Gasteiger partial charge in [-0.15, -0.1) is 0 Å². The molecule has 172 valence electrons. The maximum Gasteiger partial charge on any atom is 0.217 e. The van der Waals surface area contributed by atoms with Crippen LogP contribution in [0.3, 0.4) is 0 Å². The fourth-order valence-electron chi connectivity index (χ4n) is 4.13. The van der Waals surface area contributed by atoms with Crippen LogP contribution in [0.1, 0.15) is 29.2 Å². The maximum absolute atomic E-state index is 14.2. The molecule has 0 saturated carbocycles. The van der Waals surface area contributed by atoms with Crippen molar-refractivity contribution in [3.8, 4) is 5.88 Å². The molecule has 0 radical (unpaired) electrons. The van der Waals surface area contributed by atoms with Gasteiger partial charge in [0.15, 0.2) is 0 Å². The average molecular weight is 514 g/mol. The van der Waals surface area contributed by atoms with Crippen molar-refractivity contribution in [3.05, 3.63) is 88.3 Å². The number of ether oxygens (including phenoxy) is 1. The van der Waals surface area contributed by atoms with Crippen molar-refractivity contribution in [2.75, 3.05) is 27.7 Å². The molecule has 4 aromatic rings. The number of fused-ring (bicyclic) bond motifs is 1. The third kappa shape index (κ3) is 4.78. The minimum Gasteiger partial charge on any atom is -0.481 e. The monoisotopic (exact) mass is 513 g/mol. The molecule has 0 spiro atoms. The van der Waals surface area contributed by atoms with Gasteiger partial charge < -0.3 is 19.2 Å². The molecule has 8 heteroatoms. The summed E-state index contributed by atoms with van der Waals surface area (Å²) in [5.74, 6) is -0.971. The Morgan fingerprint density at radius 3 is 2.67 bits per heavy atom. The van der Waals surface area contributed by atoms with E-state index in [-0.39, 0.29) is 12.1 Å². The van der Waals surface area contributed by atoms with Crippen molar-refractivity contribution in [1.29, 1.82) is 0 Å². The molecule has 0 aliphatic heterocycles. The minimum atomic E-state index is -1.58. The molecule has 4 rings (SSSR count). The summed E-state index contributed by atoms with van der Waals surface area (Å²) < 4.78 is 26.2. The summed E-state index contributed by atoms with van der Waals surface area (Å²) in [6, 6.07) is 14.0. The van der Waals surface area contributed by atoms with Gasteiger partial charge in [-0.3, -0.25) is 0 Å². The molecule has 0 aliphatic carbocycles. The molecule has 0 saturated heterocycles. The molecule has 6 nitrogen and oxygen atoms in total. The van der Waals surface area contributed by atoms with E-state index in [1.54, 1.807) is 37.8 Å². The van der Waals surface area contributed by atoms with Crippen molar-refractivity contribution in [2.24, 2.45) is 0 Å². The van der Waals surface area contributed by atoms with Crippen molar-refractivity contribution < 1.29 is 18.7 Å². The molecule has 1 N–H and O–H groups in total. The van der Waals surface area contributed by atoms with Crippen LogP contribution in [0.5, 0.6) is 5.88 Å². The van der Waals surface area contributed by atoms with Crippen LogP contribution < -0.4 is 4.74 Å². The summed E-state index contributed by atoms with van der Waals surface area (Å²) >= 11 is 3.51. The molecular weight excluding hydrogens is 489 g/mol. The first-order valence-electron chi connectivity index (χ1n) is 10.5. The molecule has 0 fully saturated rings. The normalized spacial score (nSPS) is 14.4. The number of aromatic nitrogens is 2. The third-order valence-electron chi connectivity index (χ3n) is 5.73. The Morgan fingerprint density at radius 1 is 1.18 bits per heavy atom. The van der Waals surface area contributed by atoms with Crippen LogP contribution in [0.4, 0.5) is 4.39 Å². The van der Waals surface area contributed by atoms with Gasteiger partial charge in [0.2, 0.25) is 11.8 Å². The highest BCUT2D eigenvalue weighted by Crippen LogP contribution is 2.47. The van der Waals surface area contributed by atoms with Gasteiger partial charge in [-0.05, 0) is 63.0 Å². The lowest BCUT2D eigenvalue weighted by atomic mass is 9.74. The number of benzene rings is 1. The summed E-state index contributed by atoms with van der Waals surface area (Å²) in [7, 11) is 5.38. The number of rotatable bonds is 8. The van der Waals surface area contributed by atoms with Crippen LogP contribution in [0, 0.1) is 5.95 Å². The van der Waals surface area contributed by atoms with Crippen LogP contribution in [0.2, 0.25) is 0 Å². The number of hydrogen-bond donors (Lipinski definition) is 1. The Hall–Kier alpha value is -2.81. The predicted octanol–water partition coefficient (Wildman–Crippen LogP) is 5.10. The van der Waals surface area contributed by atoms with Crippen LogP contribution >= 0.6 is 15.9 Å². The van der Waals surface area contributed by atoms with E-state index in [0.717, 1.165) is 15.4 Å². The summed E-state index contributed by atoms with van der Waals surface area (Å²) in [5.41, 5.74) is 0.760. The van der Waals surface area contributed by atoms with E-state index >= 15 is 0 Å². The highest BCUT2D eigenvalue weighted by Gasteiger charge is 2.44. The van der Waals surface area contributed by atoms with Crippen molar-refractivity contribution in [3.63, 3.8) is 0 Å². The van der Waals surface area contributed by atoms with E-state index in [0.29, 0.717) is 23.6 Å². The molecule has 3 heterocycles. The zero-order valence-electron chi connectivity index (χ0n) is 18.6. The SMILES string of the molecule is COc1nc2ccc(Br)cc2cc1C(c1ccoc1)C(O)(CCN(C)C)c1cccc(F)n1. The van der Waals surface area contributed by atoms with Crippen molar-refractivity contribution >= 4 is 26.8 Å². The Bertz CT molecular complexity index is 1250. The second-order valence-electron chi connectivity index (χ2n) is 8.24. The van der Waals surface area contributed by atoms with Crippen LogP contribution in [0.25, 0.3) is 10.9 Å². The van der Waals surface area contributed by atoms with Gasteiger partial charge in [-0.25, -0.2) is 9.97 Å². The van der Waals surface area contributed by atoms with E-state index in [1.165, 1.54) is 6.07 Å². The third-order valence-corrected chi connectivity index (χ3v) is 6.22.